The number of hydrogen-bond acceptors (Lipinski definition) is 3. The second-order valence-electron chi connectivity index (χ2n) is 6.17. The Balaban J connectivity index is 2.17. The third-order valence-corrected chi connectivity index (χ3v) is 3.61. The maximum absolute atomic E-state index is 12.1. The second-order valence-corrected chi connectivity index (χ2v) is 6.17. The molecule has 0 aliphatic heterocycles. The molecular weight excluding hydrogens is 250 g/mol. The Hall–Kier alpha value is -1.90. The summed E-state index contributed by atoms with van der Waals surface area (Å²) in [5.74, 6) is 0.137. The molecule has 0 fully saturated rings. The fourth-order valence-corrected chi connectivity index (χ4v) is 2.45. The van der Waals surface area contributed by atoms with Gasteiger partial charge in [-0.05, 0) is 17.9 Å². The summed E-state index contributed by atoms with van der Waals surface area (Å²) in [7, 11) is 0. The molecule has 0 bridgehead atoms. The number of aliphatic hydroxyl groups excluding tert-OH is 1. The fourth-order valence-electron chi connectivity index (χ4n) is 2.45. The van der Waals surface area contributed by atoms with E-state index in [2.05, 4.69) is 4.99 Å². The number of benzene rings is 1. The molecule has 20 heavy (non-hydrogen) atoms. The average Bonchev–Trinajstić information content (AvgIpc) is 2.37. The number of hydrogen-bond donors (Lipinski definition) is 1. The normalized spacial score (nSPS) is 20.4. The van der Waals surface area contributed by atoms with Crippen LogP contribution >= 0.6 is 0 Å². The summed E-state index contributed by atoms with van der Waals surface area (Å²) < 4.78 is 0. The molecule has 0 amide bonds. The minimum absolute atomic E-state index is 0.0252. The van der Waals surface area contributed by atoms with Crippen molar-refractivity contribution in [1.82, 2.24) is 0 Å². The van der Waals surface area contributed by atoms with Crippen LogP contribution in [-0.2, 0) is 4.79 Å². The molecule has 0 heterocycles. The van der Waals surface area contributed by atoms with Crippen molar-refractivity contribution in [1.29, 1.82) is 0 Å². The molecule has 0 unspecified atom stereocenters. The van der Waals surface area contributed by atoms with Crippen LogP contribution in [0.3, 0.4) is 0 Å². The zero-order valence-electron chi connectivity index (χ0n) is 12.3. The van der Waals surface area contributed by atoms with Crippen LogP contribution in [0.25, 0.3) is 0 Å². The summed E-state index contributed by atoms with van der Waals surface area (Å²) in [6, 6.07) is 9.86. The molecule has 0 radical (unpaired) electrons. The first-order valence-electron chi connectivity index (χ1n) is 6.92. The minimum atomic E-state index is -0.163. The van der Waals surface area contributed by atoms with Crippen LogP contribution in [0.15, 0.2) is 46.7 Å². The van der Waals surface area contributed by atoms with E-state index in [9.17, 15) is 9.90 Å². The van der Waals surface area contributed by atoms with Crippen LogP contribution in [0.5, 0.6) is 0 Å². The Morgan fingerprint density at radius 2 is 1.90 bits per heavy atom. The zero-order chi connectivity index (χ0) is 14.8. The Kier molecular flexibility index (Phi) is 4.07. The minimum Gasteiger partial charge on any atom is -0.511 e. The van der Waals surface area contributed by atoms with Gasteiger partial charge in [0.2, 0.25) is 0 Å². The van der Waals surface area contributed by atoms with Crippen molar-refractivity contribution in [2.24, 2.45) is 10.4 Å². The first kappa shape index (κ1) is 14.5. The molecule has 1 N–H and O–H groups in total. The van der Waals surface area contributed by atoms with Crippen LogP contribution in [-0.4, -0.2) is 17.1 Å². The van der Waals surface area contributed by atoms with Crippen molar-refractivity contribution in [2.75, 3.05) is 0 Å². The van der Waals surface area contributed by atoms with Crippen molar-refractivity contribution in [3.63, 3.8) is 0 Å². The number of carbonyl (C=O) groups excluding carboxylic acids is 1. The van der Waals surface area contributed by atoms with E-state index in [1.165, 1.54) is 6.21 Å². The summed E-state index contributed by atoms with van der Waals surface area (Å²) in [6.45, 7) is 5.95. The molecule has 1 aliphatic carbocycles. The molecule has 1 aliphatic rings. The van der Waals surface area contributed by atoms with E-state index in [1.807, 2.05) is 51.1 Å². The maximum Gasteiger partial charge on any atom is 0.168 e. The van der Waals surface area contributed by atoms with Gasteiger partial charge in [-0.15, -0.1) is 0 Å². The van der Waals surface area contributed by atoms with E-state index in [1.54, 1.807) is 0 Å². The molecule has 1 aromatic rings. The van der Waals surface area contributed by atoms with E-state index in [0.29, 0.717) is 18.4 Å². The number of carbonyl (C=O) groups is 1. The molecule has 3 heteroatoms. The molecule has 1 atom stereocenters. The molecule has 0 spiro atoms. The molecule has 3 nitrogen and oxygen atoms in total. The first-order valence-corrected chi connectivity index (χ1v) is 6.92. The van der Waals surface area contributed by atoms with Gasteiger partial charge in [-0.2, -0.15) is 0 Å². The standard InChI is InChI=1S/C17H21NO2/c1-12(13-7-5-4-6-8-13)18-11-14-15(19)9-17(2,3)10-16(14)20/h4-8,11-12,19H,9-10H2,1-3H3/t12-/m0/s1. The molecular formula is C17H21NO2. The van der Waals surface area contributed by atoms with Crippen molar-refractivity contribution in [3.8, 4) is 0 Å². The summed E-state index contributed by atoms with van der Waals surface area (Å²) in [4.78, 5) is 16.5. The van der Waals surface area contributed by atoms with Crippen molar-refractivity contribution in [3.05, 3.63) is 47.2 Å². The lowest BCUT2D eigenvalue weighted by atomic mass is 9.77. The van der Waals surface area contributed by atoms with Crippen LogP contribution < -0.4 is 0 Å². The second kappa shape index (κ2) is 5.61. The third kappa shape index (κ3) is 3.35. The first-order chi connectivity index (χ1) is 9.39. The Morgan fingerprint density at radius 1 is 1.25 bits per heavy atom. The summed E-state index contributed by atoms with van der Waals surface area (Å²) in [6.07, 6.45) is 2.52. The van der Waals surface area contributed by atoms with Crippen molar-refractivity contribution >= 4 is 12.0 Å². The average molecular weight is 271 g/mol. The lowest BCUT2D eigenvalue weighted by Crippen LogP contribution is -2.26. The maximum atomic E-state index is 12.1. The van der Waals surface area contributed by atoms with E-state index < -0.39 is 0 Å². The number of rotatable bonds is 3. The topological polar surface area (TPSA) is 49.7 Å². The Labute approximate surface area is 120 Å². The largest absolute Gasteiger partial charge is 0.511 e. The van der Waals surface area contributed by atoms with Gasteiger partial charge in [-0.3, -0.25) is 9.79 Å². The number of ketones is 1. The van der Waals surface area contributed by atoms with Gasteiger partial charge in [0.05, 0.1) is 11.6 Å². The van der Waals surface area contributed by atoms with Gasteiger partial charge in [0, 0.05) is 19.1 Å². The summed E-state index contributed by atoms with van der Waals surface area (Å²) >= 11 is 0. The SMILES string of the molecule is C[C@H](N=CC1=C(O)CC(C)(C)CC1=O)c1ccccc1. The highest BCUT2D eigenvalue weighted by atomic mass is 16.3. The van der Waals surface area contributed by atoms with Gasteiger partial charge in [0.15, 0.2) is 5.78 Å². The zero-order valence-corrected chi connectivity index (χ0v) is 12.3. The van der Waals surface area contributed by atoms with Gasteiger partial charge in [0.1, 0.15) is 5.76 Å². The Bertz CT molecular complexity index is 556. The van der Waals surface area contributed by atoms with E-state index in [-0.39, 0.29) is 23.0 Å². The Morgan fingerprint density at radius 3 is 2.50 bits per heavy atom. The predicted molar refractivity (Wildman–Crippen MR) is 81.0 cm³/mol. The number of aliphatic imine (C=N–C) groups is 1. The highest BCUT2D eigenvalue weighted by Crippen LogP contribution is 2.35. The molecule has 1 aromatic carbocycles. The lowest BCUT2D eigenvalue weighted by molar-refractivity contribution is -0.117. The van der Waals surface area contributed by atoms with Crippen molar-refractivity contribution < 1.29 is 9.90 Å². The van der Waals surface area contributed by atoms with E-state index >= 15 is 0 Å². The molecule has 2 rings (SSSR count). The van der Waals surface area contributed by atoms with E-state index in [4.69, 9.17) is 0 Å². The monoisotopic (exact) mass is 271 g/mol. The summed E-state index contributed by atoms with van der Waals surface area (Å²) in [5.41, 5.74) is 1.29. The highest BCUT2D eigenvalue weighted by molar-refractivity contribution is 6.14. The van der Waals surface area contributed by atoms with Crippen LogP contribution in [0.2, 0.25) is 0 Å². The van der Waals surface area contributed by atoms with Crippen LogP contribution in [0.1, 0.15) is 45.2 Å². The fraction of sp³-hybridized carbons (Fsp3) is 0.412. The number of nitrogens with zero attached hydrogens (tertiary/aromatic N) is 1. The summed E-state index contributed by atoms with van der Waals surface area (Å²) in [5, 5.41) is 10.0. The third-order valence-electron chi connectivity index (χ3n) is 3.61. The van der Waals surface area contributed by atoms with Crippen molar-refractivity contribution in [2.45, 2.75) is 39.7 Å². The smallest absolute Gasteiger partial charge is 0.168 e. The van der Waals surface area contributed by atoms with Gasteiger partial charge in [-0.25, -0.2) is 0 Å². The number of allylic oxidation sites excluding steroid dienone is 2. The number of Topliss-reactive ketones (excluding diaryl/α,β-unsaturated/α-hetero) is 1. The van der Waals surface area contributed by atoms with Gasteiger partial charge >= 0.3 is 0 Å². The highest BCUT2D eigenvalue weighted by Gasteiger charge is 2.32. The molecule has 0 saturated carbocycles. The predicted octanol–water partition coefficient (Wildman–Crippen LogP) is 4.02. The lowest BCUT2D eigenvalue weighted by Gasteiger charge is -2.28. The molecule has 0 saturated heterocycles. The van der Waals surface area contributed by atoms with E-state index in [0.717, 1.165) is 5.56 Å². The van der Waals surface area contributed by atoms with Crippen LogP contribution in [0, 0.1) is 5.41 Å². The quantitative estimate of drug-likeness (QED) is 0.844. The van der Waals surface area contributed by atoms with Gasteiger partial charge in [-0.1, -0.05) is 44.2 Å². The molecule has 0 aromatic heterocycles. The number of aliphatic hydroxyl groups is 1. The molecule has 106 valence electrons. The van der Waals surface area contributed by atoms with Crippen LogP contribution in [0.4, 0.5) is 0 Å². The van der Waals surface area contributed by atoms with Gasteiger partial charge in [0.25, 0.3) is 0 Å². The van der Waals surface area contributed by atoms with Gasteiger partial charge < -0.3 is 5.11 Å².